The number of ether oxygens (including phenoxy) is 1. The van der Waals surface area contributed by atoms with Gasteiger partial charge < -0.3 is 15.0 Å². The van der Waals surface area contributed by atoms with Crippen molar-refractivity contribution in [1.82, 2.24) is 4.90 Å². The molecule has 2 aromatic rings. The molecule has 1 heterocycles. The summed E-state index contributed by atoms with van der Waals surface area (Å²) in [6, 6.07) is 15.3. The molecule has 1 N–H and O–H groups in total. The summed E-state index contributed by atoms with van der Waals surface area (Å²) in [6.07, 6.45) is 4.23. The van der Waals surface area contributed by atoms with Gasteiger partial charge in [0, 0.05) is 19.2 Å². The molecule has 1 fully saturated rings. The highest BCUT2D eigenvalue weighted by molar-refractivity contribution is 5.93. The molecule has 30 heavy (non-hydrogen) atoms. The standard InChI is InChI=1S/C23H23FN2O4/c24-19-8-4-5-9-20(19)25-21(27)16-30-23(29)18-12-14-26(15-13-18)22(28)11-10-17-6-2-1-3-7-17/h1-11,18H,12-16H2,(H,25,27)/b11-10+. The molecule has 0 bridgehead atoms. The van der Waals surface area contributed by atoms with Crippen LogP contribution in [0.25, 0.3) is 6.08 Å². The summed E-state index contributed by atoms with van der Waals surface area (Å²) >= 11 is 0. The molecule has 0 unspecified atom stereocenters. The van der Waals surface area contributed by atoms with Gasteiger partial charge in [-0.2, -0.15) is 0 Å². The Hall–Kier alpha value is -3.48. The molecule has 0 saturated carbocycles. The summed E-state index contributed by atoms with van der Waals surface area (Å²) < 4.78 is 18.6. The van der Waals surface area contributed by atoms with Crippen LogP contribution in [0.5, 0.6) is 0 Å². The van der Waals surface area contributed by atoms with Crippen LogP contribution in [-0.2, 0) is 19.1 Å². The van der Waals surface area contributed by atoms with E-state index in [0.29, 0.717) is 25.9 Å². The summed E-state index contributed by atoms with van der Waals surface area (Å²) in [4.78, 5) is 38.1. The van der Waals surface area contributed by atoms with E-state index in [9.17, 15) is 18.8 Å². The third kappa shape index (κ3) is 6.01. The maximum absolute atomic E-state index is 13.5. The lowest BCUT2D eigenvalue weighted by atomic mass is 9.97. The lowest BCUT2D eigenvalue weighted by molar-refractivity contribution is -0.153. The van der Waals surface area contributed by atoms with E-state index >= 15 is 0 Å². The summed E-state index contributed by atoms with van der Waals surface area (Å²) in [7, 11) is 0. The van der Waals surface area contributed by atoms with Crippen molar-refractivity contribution in [3.8, 4) is 0 Å². The number of piperidine rings is 1. The second-order valence-corrected chi connectivity index (χ2v) is 6.98. The van der Waals surface area contributed by atoms with Crippen LogP contribution in [-0.4, -0.2) is 42.4 Å². The van der Waals surface area contributed by atoms with E-state index in [-0.39, 0.29) is 17.5 Å². The third-order valence-corrected chi connectivity index (χ3v) is 4.85. The lowest BCUT2D eigenvalue weighted by Gasteiger charge is -2.30. The normalized spacial score (nSPS) is 14.5. The van der Waals surface area contributed by atoms with E-state index in [1.807, 2.05) is 30.3 Å². The van der Waals surface area contributed by atoms with Crippen molar-refractivity contribution in [2.45, 2.75) is 12.8 Å². The van der Waals surface area contributed by atoms with Crippen LogP contribution in [0.4, 0.5) is 10.1 Å². The Kier molecular flexibility index (Phi) is 7.32. The van der Waals surface area contributed by atoms with Crippen molar-refractivity contribution < 1.29 is 23.5 Å². The molecule has 3 rings (SSSR count). The molecular weight excluding hydrogens is 387 g/mol. The first-order valence-electron chi connectivity index (χ1n) is 9.76. The van der Waals surface area contributed by atoms with Crippen molar-refractivity contribution in [2.24, 2.45) is 5.92 Å². The Balaban J connectivity index is 1.40. The Morgan fingerprint density at radius 3 is 2.40 bits per heavy atom. The number of hydrogen-bond donors (Lipinski definition) is 1. The van der Waals surface area contributed by atoms with Crippen LogP contribution >= 0.6 is 0 Å². The first-order valence-corrected chi connectivity index (χ1v) is 9.76. The Labute approximate surface area is 174 Å². The van der Waals surface area contributed by atoms with Gasteiger partial charge in [-0.25, -0.2) is 4.39 Å². The molecular formula is C23H23FN2O4. The topological polar surface area (TPSA) is 75.7 Å². The molecule has 0 aromatic heterocycles. The van der Waals surface area contributed by atoms with E-state index in [4.69, 9.17) is 4.74 Å². The first kappa shape index (κ1) is 21.2. The van der Waals surface area contributed by atoms with E-state index in [1.54, 1.807) is 17.0 Å². The summed E-state index contributed by atoms with van der Waals surface area (Å²) in [6.45, 7) is 0.407. The van der Waals surface area contributed by atoms with Gasteiger partial charge in [0.15, 0.2) is 6.61 Å². The quantitative estimate of drug-likeness (QED) is 0.586. The Bertz CT molecular complexity index is 922. The highest BCUT2D eigenvalue weighted by atomic mass is 19.1. The number of esters is 1. The summed E-state index contributed by atoms with van der Waals surface area (Å²) in [5, 5.41) is 2.37. The number of carbonyl (C=O) groups is 3. The van der Waals surface area contributed by atoms with Gasteiger partial charge in [0.2, 0.25) is 5.91 Å². The fraction of sp³-hybridized carbons (Fsp3) is 0.261. The van der Waals surface area contributed by atoms with Gasteiger partial charge in [-0.15, -0.1) is 0 Å². The predicted molar refractivity (Wildman–Crippen MR) is 111 cm³/mol. The van der Waals surface area contributed by atoms with Gasteiger partial charge >= 0.3 is 5.97 Å². The number of likely N-dealkylation sites (tertiary alicyclic amines) is 1. The number of carbonyl (C=O) groups excluding carboxylic acids is 3. The largest absolute Gasteiger partial charge is 0.455 e. The zero-order chi connectivity index (χ0) is 21.3. The number of nitrogens with one attached hydrogen (secondary N) is 1. The van der Waals surface area contributed by atoms with Crippen molar-refractivity contribution in [3.63, 3.8) is 0 Å². The van der Waals surface area contributed by atoms with Crippen LogP contribution in [0, 0.1) is 11.7 Å². The second-order valence-electron chi connectivity index (χ2n) is 6.98. The summed E-state index contributed by atoms with van der Waals surface area (Å²) in [5.74, 6) is -2.11. The average molecular weight is 410 g/mol. The molecule has 7 heteroatoms. The van der Waals surface area contributed by atoms with Crippen molar-refractivity contribution in [1.29, 1.82) is 0 Å². The van der Waals surface area contributed by atoms with E-state index in [2.05, 4.69) is 5.32 Å². The number of anilines is 1. The van der Waals surface area contributed by atoms with Gasteiger partial charge in [-0.1, -0.05) is 42.5 Å². The highest BCUT2D eigenvalue weighted by Crippen LogP contribution is 2.19. The first-order chi connectivity index (χ1) is 14.5. The van der Waals surface area contributed by atoms with Crippen molar-refractivity contribution in [3.05, 3.63) is 72.1 Å². The fourth-order valence-corrected chi connectivity index (χ4v) is 3.18. The van der Waals surface area contributed by atoms with E-state index in [1.165, 1.54) is 24.3 Å². The molecule has 0 radical (unpaired) electrons. The van der Waals surface area contributed by atoms with Crippen LogP contribution < -0.4 is 5.32 Å². The molecule has 2 amide bonds. The average Bonchev–Trinajstić information content (AvgIpc) is 2.78. The monoisotopic (exact) mass is 410 g/mol. The van der Waals surface area contributed by atoms with Crippen LogP contribution in [0.1, 0.15) is 18.4 Å². The zero-order valence-electron chi connectivity index (χ0n) is 16.4. The number of nitrogens with zero attached hydrogens (tertiary/aromatic N) is 1. The molecule has 0 spiro atoms. The number of rotatable bonds is 6. The predicted octanol–water partition coefficient (Wildman–Crippen LogP) is 3.26. The van der Waals surface area contributed by atoms with E-state index < -0.39 is 24.3 Å². The second kappa shape index (κ2) is 10.3. The molecule has 1 saturated heterocycles. The Morgan fingerprint density at radius 2 is 1.70 bits per heavy atom. The Morgan fingerprint density at radius 1 is 1.03 bits per heavy atom. The van der Waals surface area contributed by atoms with Gasteiger partial charge in [-0.05, 0) is 36.6 Å². The summed E-state index contributed by atoms with van der Waals surface area (Å²) in [5.41, 5.74) is 0.979. The lowest BCUT2D eigenvalue weighted by Crippen LogP contribution is -2.40. The molecule has 1 aliphatic heterocycles. The SMILES string of the molecule is O=C(COC(=O)C1CCN(C(=O)/C=C/c2ccccc2)CC1)Nc1ccccc1F. The number of halogens is 1. The molecule has 1 aliphatic rings. The third-order valence-electron chi connectivity index (χ3n) is 4.85. The molecule has 156 valence electrons. The van der Waals surface area contributed by atoms with Crippen molar-refractivity contribution in [2.75, 3.05) is 25.0 Å². The maximum atomic E-state index is 13.5. The number of amides is 2. The number of para-hydroxylation sites is 1. The van der Waals surface area contributed by atoms with Gasteiger partial charge in [0.05, 0.1) is 11.6 Å². The number of benzene rings is 2. The molecule has 0 aliphatic carbocycles. The minimum Gasteiger partial charge on any atom is -0.455 e. The van der Waals surface area contributed by atoms with Crippen LogP contribution in [0.15, 0.2) is 60.7 Å². The number of hydrogen-bond acceptors (Lipinski definition) is 4. The molecule has 2 aromatic carbocycles. The zero-order valence-corrected chi connectivity index (χ0v) is 16.4. The fourth-order valence-electron chi connectivity index (χ4n) is 3.18. The maximum Gasteiger partial charge on any atom is 0.309 e. The van der Waals surface area contributed by atoms with Gasteiger partial charge in [-0.3, -0.25) is 14.4 Å². The smallest absolute Gasteiger partial charge is 0.309 e. The molecule has 6 nitrogen and oxygen atoms in total. The highest BCUT2D eigenvalue weighted by Gasteiger charge is 2.28. The van der Waals surface area contributed by atoms with Gasteiger partial charge in [0.1, 0.15) is 5.82 Å². The van der Waals surface area contributed by atoms with E-state index in [0.717, 1.165) is 5.56 Å². The van der Waals surface area contributed by atoms with Crippen LogP contribution in [0.2, 0.25) is 0 Å². The van der Waals surface area contributed by atoms with Gasteiger partial charge in [0.25, 0.3) is 5.91 Å². The minimum absolute atomic E-state index is 0.0360. The van der Waals surface area contributed by atoms with Crippen molar-refractivity contribution >= 4 is 29.5 Å². The van der Waals surface area contributed by atoms with Crippen LogP contribution in [0.3, 0.4) is 0 Å². The minimum atomic E-state index is -0.605. The molecule has 0 atom stereocenters.